The molecule has 2 rings (SSSR count). The summed E-state index contributed by atoms with van der Waals surface area (Å²) in [6.07, 6.45) is 6.34. The summed E-state index contributed by atoms with van der Waals surface area (Å²) in [4.78, 5) is 4.29. The zero-order chi connectivity index (χ0) is 13.1. The van der Waals surface area contributed by atoms with E-state index < -0.39 is 0 Å². The van der Waals surface area contributed by atoms with Crippen molar-refractivity contribution < 1.29 is 4.74 Å². The second kappa shape index (κ2) is 5.22. The lowest BCUT2D eigenvalue weighted by Gasteiger charge is -2.13. The number of aromatic nitrogens is 4. The van der Waals surface area contributed by atoms with Crippen LogP contribution in [0, 0.1) is 0 Å². The van der Waals surface area contributed by atoms with Gasteiger partial charge in [-0.15, -0.1) is 0 Å². The van der Waals surface area contributed by atoms with Gasteiger partial charge in [0.15, 0.2) is 5.75 Å². The molecule has 0 saturated carbocycles. The predicted molar refractivity (Wildman–Crippen MR) is 68.3 cm³/mol. The van der Waals surface area contributed by atoms with Gasteiger partial charge in [-0.3, -0.25) is 4.68 Å². The second-order valence-electron chi connectivity index (χ2n) is 4.26. The maximum Gasteiger partial charge on any atom is 0.161 e. The first-order chi connectivity index (χ1) is 8.67. The number of nitrogens with two attached hydrogens (primary N) is 1. The molecule has 0 radical (unpaired) electrons. The minimum absolute atomic E-state index is 0.324. The molecule has 2 heterocycles. The van der Waals surface area contributed by atoms with Crippen molar-refractivity contribution in [3.63, 3.8) is 0 Å². The molecule has 0 aliphatic rings. The van der Waals surface area contributed by atoms with Crippen molar-refractivity contribution in [1.82, 2.24) is 19.3 Å². The summed E-state index contributed by atoms with van der Waals surface area (Å²) in [5, 5.41) is 4.31. The fourth-order valence-electron chi connectivity index (χ4n) is 1.97. The normalized spacial score (nSPS) is 12.7. The molecular weight excluding hydrogens is 230 g/mol. The van der Waals surface area contributed by atoms with Gasteiger partial charge in [-0.05, 0) is 6.42 Å². The van der Waals surface area contributed by atoms with Crippen molar-refractivity contribution in [2.75, 3.05) is 7.11 Å². The number of nitrogens with zero attached hydrogens (tertiary/aromatic N) is 4. The Kier molecular flexibility index (Phi) is 3.66. The van der Waals surface area contributed by atoms with Crippen LogP contribution < -0.4 is 10.5 Å². The Morgan fingerprint density at radius 1 is 1.50 bits per heavy atom. The Bertz CT molecular complexity index is 516. The van der Waals surface area contributed by atoms with Crippen LogP contribution in [0.3, 0.4) is 0 Å². The monoisotopic (exact) mass is 249 g/mol. The molecule has 0 amide bonds. The van der Waals surface area contributed by atoms with Crippen LogP contribution in [0.1, 0.15) is 30.8 Å². The lowest BCUT2D eigenvalue weighted by molar-refractivity contribution is 0.403. The smallest absolute Gasteiger partial charge is 0.161 e. The van der Waals surface area contributed by atoms with Crippen molar-refractivity contribution in [1.29, 1.82) is 0 Å². The maximum atomic E-state index is 6.26. The standard InChI is InChI=1S/C12H19N5O/c1-4-5-17-12(10(18-3)6-15-17)11(13)9-7-16(2)8-14-9/h6-8,11H,4-5,13H2,1-3H3. The summed E-state index contributed by atoms with van der Waals surface area (Å²) in [5.74, 6) is 0.710. The minimum Gasteiger partial charge on any atom is -0.493 e. The van der Waals surface area contributed by atoms with Crippen LogP contribution in [0.4, 0.5) is 0 Å². The lowest BCUT2D eigenvalue weighted by Crippen LogP contribution is -2.18. The Balaban J connectivity index is 2.38. The van der Waals surface area contributed by atoms with Gasteiger partial charge in [0.25, 0.3) is 0 Å². The van der Waals surface area contributed by atoms with Crippen molar-refractivity contribution in [2.45, 2.75) is 25.9 Å². The number of hydrogen-bond donors (Lipinski definition) is 1. The molecule has 0 saturated heterocycles. The number of ether oxygens (including phenoxy) is 1. The van der Waals surface area contributed by atoms with E-state index in [-0.39, 0.29) is 6.04 Å². The van der Waals surface area contributed by atoms with Gasteiger partial charge in [0.2, 0.25) is 0 Å². The number of rotatable bonds is 5. The van der Waals surface area contributed by atoms with E-state index in [0.29, 0.717) is 5.75 Å². The van der Waals surface area contributed by atoms with Crippen LogP contribution in [0.5, 0.6) is 5.75 Å². The molecule has 0 aromatic carbocycles. The highest BCUT2D eigenvalue weighted by atomic mass is 16.5. The van der Waals surface area contributed by atoms with E-state index in [1.165, 1.54) is 0 Å². The molecule has 0 aliphatic heterocycles. The summed E-state index contributed by atoms with van der Waals surface area (Å²) in [5.41, 5.74) is 7.95. The van der Waals surface area contributed by atoms with E-state index in [2.05, 4.69) is 17.0 Å². The fraction of sp³-hybridized carbons (Fsp3) is 0.500. The van der Waals surface area contributed by atoms with Crippen molar-refractivity contribution in [3.8, 4) is 5.75 Å². The zero-order valence-corrected chi connectivity index (χ0v) is 11.0. The SMILES string of the molecule is CCCn1ncc(OC)c1C(N)c1cn(C)cn1. The molecule has 0 aliphatic carbocycles. The van der Waals surface area contributed by atoms with E-state index in [1.54, 1.807) is 19.6 Å². The number of methoxy groups -OCH3 is 1. The van der Waals surface area contributed by atoms with Gasteiger partial charge in [0.05, 0.1) is 31.4 Å². The fourth-order valence-corrected chi connectivity index (χ4v) is 1.97. The Hall–Kier alpha value is -1.82. The topological polar surface area (TPSA) is 70.9 Å². The van der Waals surface area contributed by atoms with Crippen molar-refractivity contribution in [2.24, 2.45) is 12.8 Å². The third-order valence-corrected chi connectivity index (χ3v) is 2.84. The van der Waals surface area contributed by atoms with Gasteiger partial charge in [0.1, 0.15) is 5.69 Å². The van der Waals surface area contributed by atoms with Crippen LogP contribution in [-0.4, -0.2) is 26.4 Å². The number of imidazole rings is 1. The van der Waals surface area contributed by atoms with Gasteiger partial charge in [-0.1, -0.05) is 6.92 Å². The van der Waals surface area contributed by atoms with Crippen LogP contribution in [0.2, 0.25) is 0 Å². The zero-order valence-electron chi connectivity index (χ0n) is 11.0. The van der Waals surface area contributed by atoms with E-state index in [4.69, 9.17) is 10.5 Å². The average molecular weight is 249 g/mol. The first-order valence-electron chi connectivity index (χ1n) is 6.00. The van der Waals surface area contributed by atoms with Crippen molar-refractivity contribution in [3.05, 3.63) is 30.1 Å². The summed E-state index contributed by atoms with van der Waals surface area (Å²) in [6, 6.07) is -0.324. The first-order valence-corrected chi connectivity index (χ1v) is 6.00. The van der Waals surface area contributed by atoms with E-state index >= 15 is 0 Å². The maximum absolute atomic E-state index is 6.26. The Labute approximate surface area is 106 Å². The lowest BCUT2D eigenvalue weighted by atomic mass is 10.1. The molecule has 6 heteroatoms. The highest BCUT2D eigenvalue weighted by Gasteiger charge is 2.21. The highest BCUT2D eigenvalue weighted by Crippen LogP contribution is 2.27. The molecule has 1 unspecified atom stereocenters. The van der Waals surface area contributed by atoms with Crippen LogP contribution in [0.25, 0.3) is 0 Å². The molecule has 18 heavy (non-hydrogen) atoms. The molecule has 0 fully saturated rings. The second-order valence-corrected chi connectivity index (χ2v) is 4.26. The predicted octanol–water partition coefficient (Wildman–Crippen LogP) is 1.08. The average Bonchev–Trinajstić information content (AvgIpc) is 2.95. The van der Waals surface area contributed by atoms with Gasteiger partial charge >= 0.3 is 0 Å². The molecule has 2 N–H and O–H groups in total. The van der Waals surface area contributed by atoms with Gasteiger partial charge in [-0.2, -0.15) is 5.10 Å². The van der Waals surface area contributed by atoms with Gasteiger partial charge in [0, 0.05) is 19.8 Å². The van der Waals surface area contributed by atoms with Crippen LogP contribution in [-0.2, 0) is 13.6 Å². The first kappa shape index (κ1) is 12.6. The summed E-state index contributed by atoms with van der Waals surface area (Å²) in [7, 11) is 3.55. The summed E-state index contributed by atoms with van der Waals surface area (Å²) >= 11 is 0. The molecular formula is C12H19N5O. The molecule has 6 nitrogen and oxygen atoms in total. The van der Waals surface area contributed by atoms with Crippen LogP contribution >= 0.6 is 0 Å². The molecule has 0 spiro atoms. The largest absolute Gasteiger partial charge is 0.493 e. The number of aryl methyl sites for hydroxylation is 2. The number of hydrogen-bond acceptors (Lipinski definition) is 4. The molecule has 98 valence electrons. The molecule has 0 bridgehead atoms. The Morgan fingerprint density at radius 3 is 2.83 bits per heavy atom. The van der Waals surface area contributed by atoms with E-state index in [0.717, 1.165) is 24.4 Å². The third kappa shape index (κ3) is 2.24. The van der Waals surface area contributed by atoms with Gasteiger partial charge < -0.3 is 15.0 Å². The molecule has 2 aromatic rings. The molecule has 2 aromatic heterocycles. The summed E-state index contributed by atoms with van der Waals surface area (Å²) < 4.78 is 9.09. The summed E-state index contributed by atoms with van der Waals surface area (Å²) in [6.45, 7) is 2.92. The minimum atomic E-state index is -0.324. The quantitative estimate of drug-likeness (QED) is 0.861. The van der Waals surface area contributed by atoms with Crippen molar-refractivity contribution >= 4 is 0 Å². The van der Waals surface area contributed by atoms with E-state index in [9.17, 15) is 0 Å². The Morgan fingerprint density at radius 2 is 2.28 bits per heavy atom. The van der Waals surface area contributed by atoms with Crippen LogP contribution in [0.15, 0.2) is 18.7 Å². The molecule has 1 atom stereocenters. The highest BCUT2D eigenvalue weighted by molar-refractivity contribution is 5.33. The van der Waals surface area contributed by atoms with Gasteiger partial charge in [-0.25, -0.2) is 4.98 Å². The van der Waals surface area contributed by atoms with E-state index in [1.807, 2.05) is 22.5 Å². The third-order valence-electron chi connectivity index (χ3n) is 2.84.